The van der Waals surface area contributed by atoms with Crippen LogP contribution in [0.25, 0.3) is 0 Å². The molecular weight excluding hydrogens is 238 g/mol. The number of nitrogens with zero attached hydrogens (tertiary/aromatic N) is 2. The normalized spacial score (nSPS) is 11.4. The molecule has 1 aromatic carbocycles. The van der Waals surface area contributed by atoms with Crippen molar-refractivity contribution in [2.45, 2.75) is 12.8 Å². The minimum Gasteiger partial charge on any atom is -0.310 e. The van der Waals surface area contributed by atoms with Crippen molar-refractivity contribution in [3.05, 3.63) is 59.8 Å². The van der Waals surface area contributed by atoms with Gasteiger partial charge in [-0.05, 0) is 24.6 Å². The van der Waals surface area contributed by atoms with Gasteiger partial charge < -0.3 is 5.32 Å². The van der Waals surface area contributed by atoms with E-state index in [4.69, 9.17) is 5.26 Å². The Hall–Kier alpha value is -2.67. The number of amides is 1. The molecule has 0 aliphatic heterocycles. The Morgan fingerprint density at radius 1 is 1.26 bits per heavy atom. The van der Waals surface area contributed by atoms with E-state index in [9.17, 15) is 4.79 Å². The molecule has 1 amide bonds. The topological polar surface area (TPSA) is 65.8 Å². The Bertz CT molecular complexity index is 600. The number of carbonyl (C=O) groups is 1. The molecule has 19 heavy (non-hydrogen) atoms. The number of anilines is 1. The number of carbonyl (C=O) groups excluding carboxylic acids is 1. The van der Waals surface area contributed by atoms with Crippen LogP contribution in [0, 0.1) is 11.3 Å². The van der Waals surface area contributed by atoms with Gasteiger partial charge in [0.15, 0.2) is 0 Å². The SMILES string of the molecule is CC(C(=O)Nc1ccc(C#N)cn1)c1ccccc1. The average molecular weight is 251 g/mol. The number of pyridine rings is 1. The molecular formula is C15H13N3O. The maximum absolute atomic E-state index is 12.1. The fraction of sp³-hybridized carbons (Fsp3) is 0.133. The summed E-state index contributed by atoms with van der Waals surface area (Å²) in [5, 5.41) is 11.4. The van der Waals surface area contributed by atoms with Gasteiger partial charge in [0.25, 0.3) is 0 Å². The van der Waals surface area contributed by atoms with E-state index in [0.717, 1.165) is 5.56 Å². The van der Waals surface area contributed by atoms with E-state index >= 15 is 0 Å². The van der Waals surface area contributed by atoms with Crippen molar-refractivity contribution in [1.29, 1.82) is 5.26 Å². The zero-order valence-corrected chi connectivity index (χ0v) is 10.5. The van der Waals surface area contributed by atoms with Crippen LogP contribution in [-0.4, -0.2) is 10.9 Å². The summed E-state index contributed by atoms with van der Waals surface area (Å²) in [6.45, 7) is 1.84. The van der Waals surface area contributed by atoms with E-state index in [1.54, 1.807) is 12.1 Å². The van der Waals surface area contributed by atoms with E-state index in [1.165, 1.54) is 6.20 Å². The van der Waals surface area contributed by atoms with E-state index in [2.05, 4.69) is 10.3 Å². The van der Waals surface area contributed by atoms with Crippen LogP contribution in [0.15, 0.2) is 48.7 Å². The number of hydrogen-bond donors (Lipinski definition) is 1. The Morgan fingerprint density at radius 3 is 2.58 bits per heavy atom. The molecule has 2 aromatic rings. The quantitative estimate of drug-likeness (QED) is 0.912. The summed E-state index contributed by atoms with van der Waals surface area (Å²) < 4.78 is 0. The lowest BCUT2D eigenvalue weighted by Crippen LogP contribution is -2.19. The fourth-order valence-corrected chi connectivity index (χ4v) is 1.66. The monoisotopic (exact) mass is 251 g/mol. The van der Waals surface area contributed by atoms with Crippen LogP contribution in [0.5, 0.6) is 0 Å². The molecule has 4 nitrogen and oxygen atoms in total. The molecule has 0 bridgehead atoms. The Morgan fingerprint density at radius 2 is 2.00 bits per heavy atom. The molecule has 94 valence electrons. The van der Waals surface area contributed by atoms with Crippen molar-refractivity contribution < 1.29 is 4.79 Å². The number of hydrogen-bond acceptors (Lipinski definition) is 3. The number of rotatable bonds is 3. The van der Waals surface area contributed by atoms with E-state index in [0.29, 0.717) is 11.4 Å². The van der Waals surface area contributed by atoms with Crippen molar-refractivity contribution >= 4 is 11.7 Å². The molecule has 2 rings (SSSR count). The van der Waals surface area contributed by atoms with Crippen LogP contribution in [-0.2, 0) is 4.79 Å². The van der Waals surface area contributed by atoms with Crippen LogP contribution >= 0.6 is 0 Å². The van der Waals surface area contributed by atoms with Crippen LogP contribution in [0.2, 0.25) is 0 Å². The van der Waals surface area contributed by atoms with Gasteiger partial charge in [0, 0.05) is 6.20 Å². The third-order valence-electron chi connectivity index (χ3n) is 2.84. The van der Waals surface area contributed by atoms with Crippen LogP contribution < -0.4 is 5.32 Å². The first kappa shape index (κ1) is 12.8. The predicted molar refractivity (Wildman–Crippen MR) is 72.4 cm³/mol. The first-order valence-corrected chi connectivity index (χ1v) is 5.92. The van der Waals surface area contributed by atoms with Crippen molar-refractivity contribution in [3.63, 3.8) is 0 Å². The van der Waals surface area contributed by atoms with Crippen LogP contribution in [0.1, 0.15) is 24.0 Å². The molecule has 0 fully saturated rings. The second kappa shape index (κ2) is 5.78. The molecule has 1 aromatic heterocycles. The lowest BCUT2D eigenvalue weighted by atomic mass is 10.0. The van der Waals surface area contributed by atoms with Gasteiger partial charge in [-0.25, -0.2) is 4.98 Å². The van der Waals surface area contributed by atoms with Gasteiger partial charge in [0.2, 0.25) is 5.91 Å². The first-order chi connectivity index (χ1) is 9.20. The molecule has 0 aliphatic carbocycles. The lowest BCUT2D eigenvalue weighted by Gasteiger charge is -2.11. The smallest absolute Gasteiger partial charge is 0.232 e. The largest absolute Gasteiger partial charge is 0.310 e. The number of aromatic nitrogens is 1. The standard InChI is InChI=1S/C15H13N3O/c1-11(13-5-3-2-4-6-13)15(19)18-14-8-7-12(9-16)10-17-14/h2-8,10-11H,1H3,(H,17,18,19). The zero-order chi connectivity index (χ0) is 13.7. The van der Waals surface area contributed by atoms with Gasteiger partial charge in [-0.1, -0.05) is 30.3 Å². The van der Waals surface area contributed by atoms with Gasteiger partial charge in [-0.15, -0.1) is 0 Å². The average Bonchev–Trinajstić information content (AvgIpc) is 2.48. The first-order valence-electron chi connectivity index (χ1n) is 5.92. The Kier molecular flexibility index (Phi) is 3.89. The van der Waals surface area contributed by atoms with Gasteiger partial charge in [0.1, 0.15) is 11.9 Å². The predicted octanol–water partition coefficient (Wildman–Crippen LogP) is 2.70. The van der Waals surface area contributed by atoms with E-state index in [1.807, 2.05) is 43.3 Å². The van der Waals surface area contributed by atoms with Gasteiger partial charge in [0.05, 0.1) is 11.5 Å². The highest BCUT2D eigenvalue weighted by Crippen LogP contribution is 2.16. The lowest BCUT2D eigenvalue weighted by molar-refractivity contribution is -0.117. The number of benzene rings is 1. The second-order valence-electron chi connectivity index (χ2n) is 4.17. The molecule has 0 saturated heterocycles. The molecule has 4 heteroatoms. The van der Waals surface area contributed by atoms with Crippen molar-refractivity contribution in [2.75, 3.05) is 5.32 Å². The zero-order valence-electron chi connectivity index (χ0n) is 10.5. The third-order valence-corrected chi connectivity index (χ3v) is 2.84. The molecule has 1 N–H and O–H groups in total. The highest BCUT2D eigenvalue weighted by molar-refractivity contribution is 5.94. The maximum atomic E-state index is 12.1. The third kappa shape index (κ3) is 3.17. The van der Waals surface area contributed by atoms with E-state index < -0.39 is 0 Å². The second-order valence-corrected chi connectivity index (χ2v) is 4.17. The summed E-state index contributed by atoms with van der Waals surface area (Å²) >= 11 is 0. The van der Waals surface area contributed by atoms with E-state index in [-0.39, 0.29) is 11.8 Å². The highest BCUT2D eigenvalue weighted by atomic mass is 16.1. The molecule has 0 spiro atoms. The maximum Gasteiger partial charge on any atom is 0.232 e. The van der Waals surface area contributed by atoms with Crippen molar-refractivity contribution in [1.82, 2.24) is 4.98 Å². The Labute approximate surface area is 111 Å². The summed E-state index contributed by atoms with van der Waals surface area (Å²) in [7, 11) is 0. The molecule has 0 radical (unpaired) electrons. The minimum atomic E-state index is -0.251. The number of nitriles is 1. The Balaban J connectivity index is 2.06. The van der Waals surface area contributed by atoms with Crippen molar-refractivity contribution in [2.24, 2.45) is 0 Å². The van der Waals surface area contributed by atoms with Crippen LogP contribution in [0.4, 0.5) is 5.82 Å². The fourth-order valence-electron chi connectivity index (χ4n) is 1.66. The summed E-state index contributed by atoms with van der Waals surface area (Å²) in [5.74, 6) is 0.0776. The van der Waals surface area contributed by atoms with Gasteiger partial charge in [-0.3, -0.25) is 4.79 Å². The summed E-state index contributed by atoms with van der Waals surface area (Å²) in [6.07, 6.45) is 1.43. The summed E-state index contributed by atoms with van der Waals surface area (Å²) in [6, 6.07) is 14.8. The van der Waals surface area contributed by atoms with Gasteiger partial charge in [-0.2, -0.15) is 5.26 Å². The van der Waals surface area contributed by atoms with Crippen LogP contribution in [0.3, 0.4) is 0 Å². The van der Waals surface area contributed by atoms with Gasteiger partial charge >= 0.3 is 0 Å². The molecule has 1 heterocycles. The molecule has 1 unspecified atom stereocenters. The summed E-state index contributed by atoms with van der Waals surface area (Å²) in [4.78, 5) is 16.1. The molecule has 1 atom stereocenters. The summed E-state index contributed by atoms with van der Waals surface area (Å²) in [5.41, 5.74) is 1.42. The van der Waals surface area contributed by atoms with Crippen molar-refractivity contribution in [3.8, 4) is 6.07 Å². The number of nitrogens with one attached hydrogen (secondary N) is 1. The highest BCUT2D eigenvalue weighted by Gasteiger charge is 2.15. The molecule has 0 aliphatic rings. The minimum absolute atomic E-state index is 0.122. The molecule has 0 saturated carbocycles.